The summed E-state index contributed by atoms with van der Waals surface area (Å²) >= 11 is 0. The molecule has 0 bridgehead atoms. The number of piperazine rings is 1. The lowest BCUT2D eigenvalue weighted by Gasteiger charge is -2.32. The maximum Gasteiger partial charge on any atom is 0.241 e. The number of benzene rings is 1. The van der Waals surface area contributed by atoms with Crippen LogP contribution in [0, 0.1) is 0 Å². The Kier molecular flexibility index (Phi) is 4.08. The molecule has 0 atom stereocenters. The summed E-state index contributed by atoms with van der Waals surface area (Å²) in [5, 5.41) is 0. The second-order valence-corrected chi connectivity index (χ2v) is 6.75. The Bertz CT molecular complexity index is 948. The molecule has 26 heavy (non-hydrogen) atoms. The van der Waals surface area contributed by atoms with Gasteiger partial charge in [0.15, 0.2) is 5.58 Å². The van der Waals surface area contributed by atoms with Gasteiger partial charge in [0.05, 0.1) is 12.1 Å². The van der Waals surface area contributed by atoms with Gasteiger partial charge in [0.2, 0.25) is 11.8 Å². The van der Waals surface area contributed by atoms with Gasteiger partial charge in [0, 0.05) is 39.1 Å². The number of nitrogens with zero attached hydrogens (tertiary/aromatic N) is 5. The Morgan fingerprint density at radius 2 is 2.00 bits per heavy atom. The summed E-state index contributed by atoms with van der Waals surface area (Å²) in [6, 6.07) is 9.56. The van der Waals surface area contributed by atoms with Crippen LogP contribution in [0.4, 0.5) is 11.5 Å². The van der Waals surface area contributed by atoms with Crippen molar-refractivity contribution in [1.82, 2.24) is 14.9 Å². The zero-order valence-electron chi connectivity index (χ0n) is 15.1. The fourth-order valence-electron chi connectivity index (χ4n) is 3.05. The van der Waals surface area contributed by atoms with Gasteiger partial charge in [-0.2, -0.15) is 0 Å². The summed E-state index contributed by atoms with van der Waals surface area (Å²) in [5.41, 5.74) is 3.11. The van der Waals surface area contributed by atoms with Gasteiger partial charge in [-0.15, -0.1) is 0 Å². The van der Waals surface area contributed by atoms with E-state index in [2.05, 4.69) is 9.97 Å². The van der Waals surface area contributed by atoms with E-state index in [9.17, 15) is 4.79 Å². The number of hydrogen-bond donors (Lipinski definition) is 0. The first-order chi connectivity index (χ1) is 12.5. The molecule has 7 nitrogen and oxygen atoms in total. The number of hydrogen-bond acceptors (Lipinski definition) is 6. The predicted octanol–water partition coefficient (Wildman–Crippen LogP) is 2.23. The van der Waals surface area contributed by atoms with Crippen molar-refractivity contribution in [3.63, 3.8) is 0 Å². The van der Waals surface area contributed by atoms with Crippen LogP contribution in [0.15, 0.2) is 40.9 Å². The van der Waals surface area contributed by atoms with Gasteiger partial charge in [0.25, 0.3) is 0 Å². The normalized spacial score (nSPS) is 15.7. The highest BCUT2D eigenvalue weighted by atomic mass is 16.3. The number of likely N-dealkylation sites (N-methyl/N-ethyl adjacent to an activating group) is 1. The second kappa shape index (κ2) is 6.42. The molecule has 7 heteroatoms. The molecule has 1 aromatic carbocycles. The minimum Gasteiger partial charge on any atom is -0.436 e. The van der Waals surface area contributed by atoms with Gasteiger partial charge in [-0.3, -0.25) is 9.69 Å². The lowest BCUT2D eigenvalue weighted by Crippen LogP contribution is -2.48. The van der Waals surface area contributed by atoms with Gasteiger partial charge in [-0.05, 0) is 37.4 Å². The van der Waals surface area contributed by atoms with Crippen LogP contribution in [0.5, 0.6) is 0 Å². The summed E-state index contributed by atoms with van der Waals surface area (Å²) in [7, 11) is 5.85. The van der Waals surface area contributed by atoms with E-state index >= 15 is 0 Å². The molecule has 2 aromatic heterocycles. The summed E-state index contributed by atoms with van der Waals surface area (Å²) < 4.78 is 5.86. The first-order valence-corrected chi connectivity index (χ1v) is 8.54. The zero-order valence-corrected chi connectivity index (χ0v) is 15.1. The number of rotatable bonds is 3. The fourth-order valence-corrected chi connectivity index (χ4v) is 3.05. The van der Waals surface area contributed by atoms with Crippen LogP contribution in [0.1, 0.15) is 0 Å². The third-order valence-electron chi connectivity index (χ3n) is 4.55. The monoisotopic (exact) mass is 348 g/mol. The number of amides is 1. The first-order valence-electron chi connectivity index (χ1n) is 8.54. The van der Waals surface area contributed by atoms with E-state index in [0.29, 0.717) is 24.6 Å². The molecular formula is C19H21N5O2. The molecule has 0 aliphatic carbocycles. The maximum atomic E-state index is 12.3. The van der Waals surface area contributed by atoms with Crippen molar-refractivity contribution in [3.8, 4) is 11.5 Å². The van der Waals surface area contributed by atoms with E-state index in [1.807, 2.05) is 61.3 Å². The highest BCUT2D eigenvalue weighted by Crippen LogP contribution is 2.28. The summed E-state index contributed by atoms with van der Waals surface area (Å²) in [6.45, 7) is 1.98. The zero-order chi connectivity index (χ0) is 18.3. The molecule has 134 valence electrons. The van der Waals surface area contributed by atoms with Gasteiger partial charge >= 0.3 is 0 Å². The Hall–Kier alpha value is -2.93. The predicted molar refractivity (Wildman–Crippen MR) is 101 cm³/mol. The van der Waals surface area contributed by atoms with Crippen LogP contribution >= 0.6 is 0 Å². The van der Waals surface area contributed by atoms with Gasteiger partial charge in [-0.1, -0.05) is 0 Å². The minimum atomic E-state index is 0.102. The number of carbonyl (C=O) groups is 1. The number of oxazole rings is 1. The van der Waals surface area contributed by atoms with Gasteiger partial charge in [0.1, 0.15) is 11.3 Å². The Balaban J connectivity index is 1.64. The number of pyridine rings is 1. The quantitative estimate of drug-likeness (QED) is 0.723. The number of anilines is 2. The Morgan fingerprint density at radius 1 is 1.15 bits per heavy atom. The van der Waals surface area contributed by atoms with Crippen molar-refractivity contribution in [2.75, 3.05) is 50.6 Å². The summed E-state index contributed by atoms with van der Waals surface area (Å²) in [5.74, 6) is 1.51. The smallest absolute Gasteiger partial charge is 0.241 e. The Morgan fingerprint density at radius 3 is 2.69 bits per heavy atom. The Labute approximate surface area is 151 Å². The van der Waals surface area contributed by atoms with Crippen LogP contribution in [0.2, 0.25) is 0 Å². The SMILES string of the molecule is [11CH3]N1CCN(c2ccc3oc(-c4ccc(N([11CH3])[11CH3])nc4)nc3c2)C(=O)C1. The number of carbonyl (C=O) groups excluding carboxylic acids is 1. The number of fused-ring (bicyclic) bond motifs is 1. The van der Waals surface area contributed by atoms with Crippen molar-refractivity contribution in [2.24, 2.45) is 0 Å². The highest BCUT2D eigenvalue weighted by Gasteiger charge is 2.23. The van der Waals surface area contributed by atoms with Crippen LogP contribution in [0.3, 0.4) is 0 Å². The molecule has 3 aromatic rings. The van der Waals surface area contributed by atoms with E-state index in [4.69, 9.17) is 4.42 Å². The second-order valence-electron chi connectivity index (χ2n) is 6.75. The summed E-state index contributed by atoms with van der Waals surface area (Å²) in [4.78, 5) is 27.0. The molecule has 1 fully saturated rings. The molecule has 1 amide bonds. The van der Waals surface area contributed by atoms with E-state index < -0.39 is 0 Å². The molecule has 3 heterocycles. The molecule has 0 radical (unpaired) electrons. The topological polar surface area (TPSA) is 65.7 Å². The van der Waals surface area contributed by atoms with Gasteiger partial charge in [-0.25, -0.2) is 9.97 Å². The lowest BCUT2D eigenvalue weighted by atomic mass is 10.2. The standard InChI is InChI=1S/C19H21N5O2/c1-22(2)17-7-4-13(11-20-17)19-21-15-10-14(5-6-16(15)26-19)24-9-8-23(3)12-18(24)25/h4-7,10-11H,8-9,12H2,1-3H3/i1-1,2-1,3-1. The minimum absolute atomic E-state index is 0.102. The highest BCUT2D eigenvalue weighted by molar-refractivity contribution is 5.97. The summed E-state index contributed by atoms with van der Waals surface area (Å²) in [6.07, 6.45) is 1.75. The molecular weight excluding hydrogens is 327 g/mol. The van der Waals surface area contributed by atoms with Crippen LogP contribution < -0.4 is 9.80 Å². The molecule has 4 rings (SSSR count). The molecule has 0 spiro atoms. The lowest BCUT2D eigenvalue weighted by molar-refractivity contribution is -0.120. The van der Waals surface area contributed by atoms with E-state index in [1.165, 1.54) is 0 Å². The largest absolute Gasteiger partial charge is 0.436 e. The fraction of sp³-hybridized carbons (Fsp3) is 0.316. The first kappa shape index (κ1) is 16.5. The van der Waals surface area contributed by atoms with Crippen molar-refractivity contribution in [2.45, 2.75) is 0 Å². The average Bonchev–Trinajstić information content (AvgIpc) is 3.05. The van der Waals surface area contributed by atoms with Gasteiger partial charge < -0.3 is 14.2 Å². The maximum absolute atomic E-state index is 12.3. The van der Waals surface area contributed by atoms with Crippen LogP contribution in [-0.2, 0) is 4.79 Å². The average molecular weight is 348 g/mol. The molecule has 0 unspecified atom stereocenters. The van der Waals surface area contributed by atoms with Crippen LogP contribution in [-0.4, -0.2) is 61.6 Å². The van der Waals surface area contributed by atoms with Crippen LogP contribution in [0.25, 0.3) is 22.6 Å². The van der Waals surface area contributed by atoms with Crippen molar-refractivity contribution in [3.05, 3.63) is 36.5 Å². The van der Waals surface area contributed by atoms with Crippen molar-refractivity contribution in [1.29, 1.82) is 0 Å². The molecule has 1 saturated heterocycles. The van der Waals surface area contributed by atoms with E-state index in [-0.39, 0.29) is 5.91 Å². The number of aromatic nitrogens is 2. The third-order valence-corrected chi connectivity index (χ3v) is 4.55. The molecule has 0 saturated carbocycles. The van der Waals surface area contributed by atoms with E-state index in [1.54, 1.807) is 11.1 Å². The van der Waals surface area contributed by atoms with Crippen molar-refractivity contribution >= 4 is 28.5 Å². The van der Waals surface area contributed by atoms with Crippen molar-refractivity contribution < 1.29 is 9.21 Å². The third kappa shape index (κ3) is 3.01. The molecule has 1 aliphatic rings. The van der Waals surface area contributed by atoms with E-state index in [0.717, 1.165) is 29.1 Å². The molecule has 0 N–H and O–H groups in total. The molecule has 1 aliphatic heterocycles.